The van der Waals surface area contributed by atoms with Crippen molar-refractivity contribution in [1.29, 1.82) is 0 Å². The Hall–Kier alpha value is -8.34. The maximum atomic E-state index is 5.24. The highest BCUT2D eigenvalue weighted by Gasteiger charge is 2.66. The molecule has 4 nitrogen and oxygen atoms in total. The highest BCUT2D eigenvalue weighted by molar-refractivity contribution is 6.29. The minimum Gasteiger partial charge on any atom is -0.309 e. The quantitative estimate of drug-likeness (QED) is 0.176. The zero-order valence-corrected chi connectivity index (χ0v) is 39.1. The van der Waals surface area contributed by atoms with Crippen molar-refractivity contribution in [3.8, 4) is 45.0 Å². The third kappa shape index (κ3) is 5.04. The van der Waals surface area contributed by atoms with Gasteiger partial charge in [0.1, 0.15) is 0 Å². The highest BCUT2D eigenvalue weighted by atomic mass is 15.0. The zero-order valence-electron chi connectivity index (χ0n) is 39.1. The van der Waals surface area contributed by atoms with E-state index in [0.29, 0.717) is 0 Å². The molecule has 5 aliphatic rings. The Bertz CT molecular complexity index is 4460. The van der Waals surface area contributed by atoms with Crippen LogP contribution in [0.1, 0.15) is 36.8 Å². The number of para-hydroxylation sites is 3. The molecule has 3 heterocycles. The van der Waals surface area contributed by atoms with Crippen molar-refractivity contribution in [2.45, 2.75) is 31.1 Å². The van der Waals surface area contributed by atoms with E-state index in [-0.39, 0.29) is 5.41 Å². The van der Waals surface area contributed by atoms with Gasteiger partial charge in [-0.05, 0) is 142 Å². The largest absolute Gasteiger partial charge is 0.309 e. The monoisotopic (exact) mass is 906 g/mol. The average Bonchev–Trinajstić information content (AvgIpc) is 4.20. The summed E-state index contributed by atoms with van der Waals surface area (Å²) in [6.45, 7) is 0. The maximum Gasteiger partial charge on any atom is 0.0973 e. The van der Waals surface area contributed by atoms with E-state index in [0.717, 1.165) is 68.3 Å². The fourth-order valence-corrected chi connectivity index (χ4v) is 15.5. The van der Waals surface area contributed by atoms with Crippen LogP contribution in [0.5, 0.6) is 0 Å². The summed E-state index contributed by atoms with van der Waals surface area (Å²) in [5.74, 6) is 3.30. The zero-order chi connectivity index (χ0) is 46.1. The lowest BCUT2D eigenvalue weighted by Crippen LogP contribution is -2.40. The number of fused-ring (bicyclic) bond motifs is 14. The van der Waals surface area contributed by atoms with Crippen LogP contribution in [-0.4, -0.2) is 19.1 Å². The number of hydrogen-bond acceptors (Lipinski definition) is 2. The van der Waals surface area contributed by atoms with Gasteiger partial charge >= 0.3 is 0 Å². The second kappa shape index (κ2) is 13.9. The second-order valence-corrected chi connectivity index (χ2v) is 21.3. The van der Waals surface area contributed by atoms with Crippen LogP contribution in [0.15, 0.2) is 206 Å². The number of aromatic nitrogens is 4. The molecule has 0 aliphatic heterocycles. The Kier molecular flexibility index (Phi) is 7.55. The topological polar surface area (TPSA) is 35.6 Å². The number of rotatable bonds is 4. The SMILES string of the molecule is c1ccc(-c2nc3ccccc3nc2-c2ccc3cc(-n4c5ccc6c7ccccc7n(-c7ccc8c(c7)-c7ccccc7C87C8CC9CC(C8)C7C9)c6c5c5ccc6ccccc6c54)ccc3c2)cc1. The van der Waals surface area contributed by atoms with E-state index in [9.17, 15) is 0 Å². The Balaban J connectivity index is 0.892. The molecular formula is C67H46N4. The van der Waals surface area contributed by atoms with Crippen LogP contribution in [0, 0.1) is 23.7 Å². The molecule has 0 N–H and O–H groups in total. The van der Waals surface area contributed by atoms with Gasteiger partial charge in [-0.1, -0.05) is 152 Å². The molecule has 18 rings (SSSR count). The van der Waals surface area contributed by atoms with Gasteiger partial charge in [-0.2, -0.15) is 0 Å². The van der Waals surface area contributed by atoms with Gasteiger partial charge in [0.15, 0.2) is 0 Å². The van der Waals surface area contributed by atoms with Crippen molar-refractivity contribution >= 4 is 76.2 Å². The first kappa shape index (κ1) is 38.5. The van der Waals surface area contributed by atoms with Gasteiger partial charge in [0.2, 0.25) is 0 Å². The van der Waals surface area contributed by atoms with Crippen LogP contribution in [0.2, 0.25) is 0 Å². The molecule has 4 saturated carbocycles. The van der Waals surface area contributed by atoms with E-state index < -0.39 is 0 Å². The van der Waals surface area contributed by atoms with Crippen molar-refractivity contribution in [1.82, 2.24) is 19.1 Å². The maximum absolute atomic E-state index is 5.24. The van der Waals surface area contributed by atoms with Gasteiger partial charge in [-0.25, -0.2) is 9.97 Å². The molecule has 4 fully saturated rings. The average molecular weight is 907 g/mol. The van der Waals surface area contributed by atoms with Crippen molar-refractivity contribution < 1.29 is 0 Å². The fraction of sp³-hybridized carbons (Fsp3) is 0.134. The van der Waals surface area contributed by atoms with Crippen LogP contribution < -0.4 is 0 Å². The van der Waals surface area contributed by atoms with Crippen LogP contribution in [-0.2, 0) is 5.41 Å². The normalized spacial score (nSPS) is 20.8. The Labute approximate surface area is 410 Å². The van der Waals surface area contributed by atoms with Crippen LogP contribution in [0.25, 0.3) is 121 Å². The molecule has 0 radical (unpaired) electrons. The molecule has 0 amide bonds. The lowest BCUT2D eigenvalue weighted by molar-refractivity contribution is 0.191. The molecule has 334 valence electrons. The van der Waals surface area contributed by atoms with Crippen molar-refractivity contribution in [3.63, 3.8) is 0 Å². The Morgan fingerprint density at radius 2 is 1.08 bits per heavy atom. The molecule has 3 aromatic heterocycles. The van der Waals surface area contributed by atoms with Gasteiger partial charge in [0.05, 0.1) is 44.5 Å². The predicted molar refractivity (Wildman–Crippen MR) is 293 cm³/mol. The fourth-order valence-electron chi connectivity index (χ4n) is 15.5. The number of benzene rings is 10. The molecule has 1 spiro atoms. The first-order chi connectivity index (χ1) is 35.2. The van der Waals surface area contributed by atoms with Gasteiger partial charge in [0, 0.05) is 54.8 Å². The summed E-state index contributed by atoms with van der Waals surface area (Å²) < 4.78 is 5.14. The molecule has 71 heavy (non-hydrogen) atoms. The van der Waals surface area contributed by atoms with E-state index in [4.69, 9.17) is 9.97 Å². The summed E-state index contributed by atoms with van der Waals surface area (Å²) in [6.07, 6.45) is 5.63. The molecule has 10 aromatic carbocycles. The lowest BCUT2D eigenvalue weighted by Gasteiger charge is -2.43. The van der Waals surface area contributed by atoms with Gasteiger partial charge < -0.3 is 9.13 Å². The van der Waals surface area contributed by atoms with Crippen LogP contribution in [0.4, 0.5) is 0 Å². The molecular weight excluding hydrogens is 861 g/mol. The van der Waals surface area contributed by atoms with E-state index in [1.54, 1.807) is 11.1 Å². The number of hydrogen-bond donors (Lipinski definition) is 0. The summed E-state index contributed by atoms with van der Waals surface area (Å²) in [5, 5.41) is 9.91. The Morgan fingerprint density at radius 3 is 1.97 bits per heavy atom. The molecule has 0 saturated heterocycles. The summed E-state index contributed by atoms with van der Waals surface area (Å²) in [4.78, 5) is 10.4. The van der Waals surface area contributed by atoms with E-state index in [2.05, 4.69) is 197 Å². The predicted octanol–water partition coefficient (Wildman–Crippen LogP) is 16.8. The molecule has 5 unspecified atom stereocenters. The Morgan fingerprint density at radius 1 is 0.408 bits per heavy atom. The van der Waals surface area contributed by atoms with Gasteiger partial charge in [0.25, 0.3) is 0 Å². The summed E-state index contributed by atoms with van der Waals surface area (Å²) in [5.41, 5.74) is 19.2. The smallest absolute Gasteiger partial charge is 0.0973 e. The highest BCUT2D eigenvalue weighted by Crippen LogP contribution is 2.73. The van der Waals surface area contributed by atoms with Gasteiger partial charge in [-0.15, -0.1) is 0 Å². The first-order valence-electron chi connectivity index (χ1n) is 25.7. The third-order valence-electron chi connectivity index (χ3n) is 18.0. The molecule has 13 aromatic rings. The van der Waals surface area contributed by atoms with Crippen LogP contribution in [0.3, 0.4) is 0 Å². The number of nitrogens with zero attached hydrogens (tertiary/aromatic N) is 4. The first-order valence-corrected chi connectivity index (χ1v) is 25.7. The van der Waals surface area contributed by atoms with E-state index in [1.165, 1.54) is 102 Å². The molecule has 5 aliphatic carbocycles. The van der Waals surface area contributed by atoms with E-state index in [1.807, 2.05) is 18.2 Å². The second-order valence-electron chi connectivity index (χ2n) is 21.3. The standard InChI is InChI=1S/C67H46N4/c1-2-13-41(14-3-1)63-64(69-59-20-10-9-19-58(59)68-63)44-23-22-43-37-47(26-24-42(43)35-44)71-61-31-29-52-51-17-7-11-21-60(51)70(66(52)62(61)53-28-25-40-12-4-5-15-49(40)65(53)71)48-27-30-56-54(38-48)50-16-6-8-18-55(50)67(56)46-33-39-32-45(36-46)57(67)34-39/h1-31,35,37-39,45-46,57H,32-34,36H2. The minimum absolute atomic E-state index is 0.155. The minimum atomic E-state index is 0.155. The van der Waals surface area contributed by atoms with Crippen molar-refractivity contribution in [2.24, 2.45) is 23.7 Å². The third-order valence-corrected chi connectivity index (χ3v) is 18.0. The summed E-state index contributed by atoms with van der Waals surface area (Å²) in [6, 6.07) is 76.9. The summed E-state index contributed by atoms with van der Waals surface area (Å²) >= 11 is 0. The summed E-state index contributed by atoms with van der Waals surface area (Å²) in [7, 11) is 0. The van der Waals surface area contributed by atoms with Gasteiger partial charge in [-0.3, -0.25) is 0 Å². The molecule has 5 atom stereocenters. The van der Waals surface area contributed by atoms with Crippen molar-refractivity contribution in [2.75, 3.05) is 0 Å². The lowest BCUT2D eigenvalue weighted by atomic mass is 9.59. The van der Waals surface area contributed by atoms with E-state index >= 15 is 0 Å². The van der Waals surface area contributed by atoms with Crippen molar-refractivity contribution in [3.05, 3.63) is 217 Å². The molecule has 4 heteroatoms. The van der Waals surface area contributed by atoms with Crippen LogP contribution >= 0.6 is 0 Å². The molecule has 4 bridgehead atoms.